The molecule has 0 spiro atoms. The van der Waals surface area contributed by atoms with Gasteiger partial charge in [0.25, 0.3) is 5.91 Å². The van der Waals surface area contributed by atoms with Gasteiger partial charge in [-0.1, -0.05) is 17.7 Å². The van der Waals surface area contributed by atoms with Crippen molar-refractivity contribution >= 4 is 39.1 Å². The number of aryl methyl sites for hydroxylation is 1. The van der Waals surface area contributed by atoms with Crippen LogP contribution >= 0.6 is 27.5 Å². The third-order valence-electron chi connectivity index (χ3n) is 2.64. The van der Waals surface area contributed by atoms with E-state index in [-0.39, 0.29) is 11.7 Å². The molecule has 0 aliphatic heterocycles. The molecule has 2 aromatic rings. The first-order chi connectivity index (χ1) is 8.97. The summed E-state index contributed by atoms with van der Waals surface area (Å²) < 4.78 is 0.544. The zero-order valence-electron chi connectivity index (χ0n) is 10.1. The molecule has 0 aliphatic rings. The van der Waals surface area contributed by atoms with Gasteiger partial charge in [-0.2, -0.15) is 0 Å². The molecule has 5 heteroatoms. The number of hydrogen-bond donors (Lipinski definition) is 2. The predicted molar refractivity (Wildman–Crippen MR) is 79.9 cm³/mol. The first kappa shape index (κ1) is 13.9. The molecule has 0 aliphatic carbocycles. The molecule has 0 radical (unpaired) electrons. The van der Waals surface area contributed by atoms with Gasteiger partial charge in [-0.25, -0.2) is 0 Å². The van der Waals surface area contributed by atoms with Crippen LogP contribution in [0.4, 0.5) is 5.69 Å². The lowest BCUT2D eigenvalue weighted by Gasteiger charge is -2.07. The van der Waals surface area contributed by atoms with Crippen molar-refractivity contribution in [1.29, 1.82) is 0 Å². The van der Waals surface area contributed by atoms with Crippen LogP contribution in [0.2, 0.25) is 5.02 Å². The lowest BCUT2D eigenvalue weighted by Crippen LogP contribution is -2.11. The molecular weight excluding hydrogens is 330 g/mol. The van der Waals surface area contributed by atoms with E-state index in [2.05, 4.69) is 21.2 Å². The van der Waals surface area contributed by atoms with Gasteiger partial charge in [0.2, 0.25) is 0 Å². The topological polar surface area (TPSA) is 49.3 Å². The highest BCUT2D eigenvalue weighted by atomic mass is 79.9. The number of rotatable bonds is 2. The van der Waals surface area contributed by atoms with Crippen molar-refractivity contribution in [3.8, 4) is 5.75 Å². The van der Waals surface area contributed by atoms with Crippen LogP contribution in [0.15, 0.2) is 40.9 Å². The highest BCUT2D eigenvalue weighted by Crippen LogP contribution is 2.25. The fraction of sp³-hybridized carbons (Fsp3) is 0.0714. The monoisotopic (exact) mass is 339 g/mol. The van der Waals surface area contributed by atoms with Crippen molar-refractivity contribution in [2.45, 2.75) is 6.92 Å². The minimum atomic E-state index is -0.303. The molecule has 1 amide bonds. The molecule has 0 saturated carbocycles. The smallest absolute Gasteiger partial charge is 0.255 e. The highest BCUT2D eigenvalue weighted by molar-refractivity contribution is 9.10. The molecule has 0 aromatic heterocycles. The van der Waals surface area contributed by atoms with Crippen molar-refractivity contribution in [1.82, 2.24) is 0 Å². The average molecular weight is 341 g/mol. The van der Waals surface area contributed by atoms with E-state index in [4.69, 9.17) is 11.6 Å². The Bertz CT molecular complexity index is 643. The second-order valence-electron chi connectivity index (χ2n) is 4.08. The average Bonchev–Trinajstić information content (AvgIpc) is 2.37. The van der Waals surface area contributed by atoms with Gasteiger partial charge in [-0.05, 0) is 58.7 Å². The first-order valence-corrected chi connectivity index (χ1v) is 6.70. The zero-order valence-corrected chi connectivity index (χ0v) is 12.4. The minimum Gasteiger partial charge on any atom is -0.507 e. The third kappa shape index (κ3) is 3.28. The number of phenolic OH excluding ortho intramolecular Hbond substituents is 1. The Hall–Kier alpha value is -1.52. The number of carbonyl (C=O) groups excluding carboxylic acids is 1. The quantitative estimate of drug-likeness (QED) is 0.853. The Morgan fingerprint density at radius 2 is 2.00 bits per heavy atom. The van der Waals surface area contributed by atoms with Gasteiger partial charge in [-0.3, -0.25) is 4.79 Å². The van der Waals surface area contributed by atoms with Gasteiger partial charge in [-0.15, -0.1) is 0 Å². The molecule has 2 aromatic carbocycles. The summed E-state index contributed by atoms with van der Waals surface area (Å²) in [6.07, 6.45) is 0. The molecule has 0 fully saturated rings. The summed E-state index contributed by atoms with van der Waals surface area (Å²) in [5, 5.41) is 12.9. The molecule has 98 valence electrons. The van der Waals surface area contributed by atoms with E-state index < -0.39 is 0 Å². The number of phenols is 1. The van der Waals surface area contributed by atoms with E-state index >= 15 is 0 Å². The van der Waals surface area contributed by atoms with E-state index in [1.165, 1.54) is 6.07 Å². The largest absolute Gasteiger partial charge is 0.507 e. The fourth-order valence-corrected chi connectivity index (χ4v) is 1.95. The van der Waals surface area contributed by atoms with E-state index in [0.29, 0.717) is 20.7 Å². The fourth-order valence-electron chi connectivity index (χ4n) is 1.53. The minimum absolute atomic E-state index is 0.0228. The van der Waals surface area contributed by atoms with Crippen LogP contribution in [0.5, 0.6) is 5.75 Å². The van der Waals surface area contributed by atoms with Gasteiger partial charge >= 0.3 is 0 Å². The van der Waals surface area contributed by atoms with E-state index in [1.807, 2.05) is 13.0 Å². The number of nitrogens with one attached hydrogen (secondary N) is 1. The van der Waals surface area contributed by atoms with Crippen molar-refractivity contribution in [2.24, 2.45) is 0 Å². The summed E-state index contributed by atoms with van der Waals surface area (Å²) in [6, 6.07) is 9.93. The number of carbonyl (C=O) groups is 1. The van der Waals surface area contributed by atoms with Gasteiger partial charge in [0, 0.05) is 16.3 Å². The van der Waals surface area contributed by atoms with Crippen LogP contribution in [-0.4, -0.2) is 11.0 Å². The Morgan fingerprint density at radius 3 is 2.63 bits per heavy atom. The Balaban J connectivity index is 2.20. The normalized spacial score (nSPS) is 10.3. The molecule has 2 N–H and O–H groups in total. The highest BCUT2D eigenvalue weighted by Gasteiger charge is 2.09. The number of benzene rings is 2. The second kappa shape index (κ2) is 5.63. The first-order valence-electron chi connectivity index (χ1n) is 5.53. The summed E-state index contributed by atoms with van der Waals surface area (Å²) in [5.41, 5.74) is 1.93. The molecule has 0 heterocycles. The number of aromatic hydroxyl groups is 1. The van der Waals surface area contributed by atoms with E-state index in [0.717, 1.165) is 5.56 Å². The lowest BCUT2D eigenvalue weighted by molar-refractivity contribution is 0.102. The maximum Gasteiger partial charge on any atom is 0.255 e. The Kier molecular flexibility index (Phi) is 4.12. The number of anilines is 1. The second-order valence-corrected chi connectivity index (χ2v) is 5.35. The zero-order chi connectivity index (χ0) is 14.0. The van der Waals surface area contributed by atoms with E-state index in [1.54, 1.807) is 24.3 Å². The number of amides is 1. The molecule has 0 unspecified atom stereocenters. The van der Waals surface area contributed by atoms with Gasteiger partial charge in [0.15, 0.2) is 0 Å². The van der Waals surface area contributed by atoms with Crippen molar-refractivity contribution in [3.05, 3.63) is 57.0 Å². The maximum absolute atomic E-state index is 12.0. The molecule has 2 rings (SSSR count). The third-order valence-corrected chi connectivity index (χ3v) is 3.72. The van der Waals surface area contributed by atoms with Crippen LogP contribution in [0.3, 0.4) is 0 Å². The van der Waals surface area contributed by atoms with Crippen molar-refractivity contribution in [3.63, 3.8) is 0 Å². The summed E-state index contributed by atoms with van der Waals surface area (Å²) in [7, 11) is 0. The van der Waals surface area contributed by atoms with Crippen LogP contribution < -0.4 is 5.32 Å². The van der Waals surface area contributed by atoms with Gasteiger partial charge in [0.05, 0.1) is 4.47 Å². The number of hydrogen-bond acceptors (Lipinski definition) is 2. The van der Waals surface area contributed by atoms with Crippen LogP contribution in [0.1, 0.15) is 15.9 Å². The van der Waals surface area contributed by atoms with Crippen LogP contribution in [-0.2, 0) is 0 Å². The lowest BCUT2D eigenvalue weighted by atomic mass is 10.2. The van der Waals surface area contributed by atoms with Crippen LogP contribution in [0, 0.1) is 6.92 Å². The Labute approximate surface area is 124 Å². The summed E-state index contributed by atoms with van der Waals surface area (Å²) in [6.45, 7) is 1.89. The molecular formula is C14H11BrClNO2. The standard InChI is InChI=1S/C14H11BrClNO2/c1-8-2-4-10(7-12(8)16)17-14(19)9-3-5-11(15)13(18)6-9/h2-7,18H,1H3,(H,17,19). The van der Waals surface area contributed by atoms with Crippen LogP contribution in [0.25, 0.3) is 0 Å². The Morgan fingerprint density at radius 1 is 1.26 bits per heavy atom. The number of halogens is 2. The van der Waals surface area contributed by atoms with Gasteiger partial charge < -0.3 is 10.4 Å². The van der Waals surface area contributed by atoms with Gasteiger partial charge in [0.1, 0.15) is 5.75 Å². The summed E-state index contributed by atoms with van der Waals surface area (Å²) >= 11 is 9.16. The predicted octanol–water partition coefficient (Wildman–Crippen LogP) is 4.37. The van der Waals surface area contributed by atoms with E-state index in [9.17, 15) is 9.90 Å². The molecule has 0 bridgehead atoms. The summed E-state index contributed by atoms with van der Waals surface area (Å²) in [5.74, 6) is -0.280. The molecule has 0 atom stereocenters. The SMILES string of the molecule is Cc1ccc(NC(=O)c2ccc(Br)c(O)c2)cc1Cl. The molecule has 3 nitrogen and oxygen atoms in total. The summed E-state index contributed by atoms with van der Waals surface area (Å²) in [4.78, 5) is 12.0. The van der Waals surface area contributed by atoms with Crippen molar-refractivity contribution in [2.75, 3.05) is 5.32 Å². The molecule has 19 heavy (non-hydrogen) atoms. The maximum atomic E-state index is 12.0. The van der Waals surface area contributed by atoms with Crippen molar-refractivity contribution < 1.29 is 9.90 Å². The molecule has 0 saturated heterocycles.